The first-order valence-corrected chi connectivity index (χ1v) is 12.2. The third kappa shape index (κ3) is 6.39. The number of amides is 2. The van der Waals surface area contributed by atoms with E-state index in [0.717, 1.165) is 12.8 Å². The fraction of sp³-hybridized carbons (Fsp3) is 0.444. The number of carbonyl (C=O) groups excluding carboxylic acids is 2. The Morgan fingerprint density at radius 3 is 2.29 bits per heavy atom. The highest BCUT2D eigenvalue weighted by molar-refractivity contribution is 5.79. The van der Waals surface area contributed by atoms with Crippen LogP contribution < -0.4 is 10.6 Å². The molecule has 1 aliphatic carbocycles. The van der Waals surface area contributed by atoms with Crippen molar-refractivity contribution in [2.45, 2.75) is 44.1 Å². The zero-order valence-electron chi connectivity index (χ0n) is 19.7. The summed E-state index contributed by atoms with van der Waals surface area (Å²) in [6, 6.07) is 16.4. The average molecular weight is 481 g/mol. The Hall–Kier alpha value is -3.39. The molecule has 1 heterocycles. The topological polar surface area (TPSA) is 114 Å². The lowest BCUT2D eigenvalue weighted by atomic mass is 9.98. The fourth-order valence-electron chi connectivity index (χ4n) is 4.76. The van der Waals surface area contributed by atoms with E-state index in [1.165, 1.54) is 22.3 Å². The van der Waals surface area contributed by atoms with Crippen molar-refractivity contribution in [3.8, 4) is 11.1 Å². The van der Waals surface area contributed by atoms with Crippen molar-refractivity contribution in [3.63, 3.8) is 0 Å². The molecule has 1 fully saturated rings. The monoisotopic (exact) mass is 480 g/mol. The molecular weight excluding hydrogens is 448 g/mol. The van der Waals surface area contributed by atoms with Gasteiger partial charge in [0.05, 0.1) is 18.6 Å². The summed E-state index contributed by atoms with van der Waals surface area (Å²) < 4.78 is 10.9. The van der Waals surface area contributed by atoms with E-state index in [9.17, 15) is 14.4 Å². The molecule has 0 bridgehead atoms. The molecular formula is C27H32N2O6. The summed E-state index contributed by atoms with van der Waals surface area (Å²) in [5, 5.41) is 14.6. The van der Waals surface area contributed by atoms with Crippen molar-refractivity contribution in [1.29, 1.82) is 0 Å². The van der Waals surface area contributed by atoms with Gasteiger partial charge in [0.25, 0.3) is 0 Å². The van der Waals surface area contributed by atoms with Crippen molar-refractivity contribution < 1.29 is 29.0 Å². The molecule has 1 saturated heterocycles. The summed E-state index contributed by atoms with van der Waals surface area (Å²) >= 11 is 0. The number of fused-ring (bicyclic) bond motifs is 3. The summed E-state index contributed by atoms with van der Waals surface area (Å²) in [7, 11) is 0. The van der Waals surface area contributed by atoms with Gasteiger partial charge in [-0.2, -0.15) is 0 Å². The number of rotatable bonds is 11. The molecule has 2 aromatic rings. The van der Waals surface area contributed by atoms with Crippen LogP contribution in [0.15, 0.2) is 48.5 Å². The quantitative estimate of drug-likeness (QED) is 0.423. The first-order chi connectivity index (χ1) is 17.0. The van der Waals surface area contributed by atoms with Crippen molar-refractivity contribution in [2.75, 3.05) is 26.3 Å². The van der Waals surface area contributed by atoms with Gasteiger partial charge in [-0.05, 0) is 41.5 Å². The third-order valence-corrected chi connectivity index (χ3v) is 6.65. The number of aliphatic carboxylic acids is 1. The Kier molecular flexibility index (Phi) is 8.36. The number of carboxylic acids is 1. The molecule has 8 nitrogen and oxygen atoms in total. The van der Waals surface area contributed by atoms with Crippen LogP contribution in [0, 0.1) is 5.92 Å². The molecule has 2 atom stereocenters. The molecule has 2 aromatic carbocycles. The second-order valence-corrected chi connectivity index (χ2v) is 9.09. The Labute approximate surface area is 205 Å². The zero-order valence-corrected chi connectivity index (χ0v) is 19.7. The number of hydrogen-bond donors (Lipinski definition) is 3. The van der Waals surface area contributed by atoms with Gasteiger partial charge in [-0.15, -0.1) is 0 Å². The number of nitrogens with one attached hydrogen (secondary N) is 2. The van der Waals surface area contributed by atoms with E-state index in [4.69, 9.17) is 14.6 Å². The van der Waals surface area contributed by atoms with Crippen LogP contribution in [0.1, 0.15) is 49.1 Å². The van der Waals surface area contributed by atoms with Crippen LogP contribution in [0.5, 0.6) is 0 Å². The lowest BCUT2D eigenvalue weighted by Crippen LogP contribution is -2.31. The maximum absolute atomic E-state index is 12.2. The molecule has 2 aliphatic rings. The predicted octanol–water partition coefficient (Wildman–Crippen LogP) is 3.69. The number of benzene rings is 2. The van der Waals surface area contributed by atoms with E-state index in [1.54, 1.807) is 0 Å². The number of carbonyl (C=O) groups is 3. The lowest BCUT2D eigenvalue weighted by molar-refractivity contribution is -0.141. The summed E-state index contributed by atoms with van der Waals surface area (Å²) in [5.74, 6) is -1.38. The molecule has 0 aromatic heterocycles. The molecule has 8 heteroatoms. The normalized spacial score (nSPS) is 18.5. The SMILES string of the molecule is O=C(CCCCCNC(=O)OCC1c2ccccc2-c2ccccc21)NCC1CC(C(=O)O)CO1. The van der Waals surface area contributed by atoms with Crippen LogP contribution >= 0.6 is 0 Å². The number of carboxylic acid groups (broad SMARTS) is 1. The molecule has 0 radical (unpaired) electrons. The molecule has 35 heavy (non-hydrogen) atoms. The van der Waals surface area contributed by atoms with Gasteiger partial charge in [-0.25, -0.2) is 4.79 Å². The summed E-state index contributed by atoms with van der Waals surface area (Å²) in [6.45, 7) is 1.32. The summed E-state index contributed by atoms with van der Waals surface area (Å²) in [6.07, 6.45) is 2.42. The zero-order chi connectivity index (χ0) is 24.6. The Bertz CT molecular complexity index is 1010. The first-order valence-electron chi connectivity index (χ1n) is 12.2. The van der Waals surface area contributed by atoms with Crippen molar-refractivity contribution in [2.24, 2.45) is 5.92 Å². The van der Waals surface area contributed by atoms with E-state index in [1.807, 2.05) is 24.3 Å². The minimum Gasteiger partial charge on any atom is -0.481 e. The molecule has 0 saturated carbocycles. The molecule has 0 spiro atoms. The van der Waals surface area contributed by atoms with Gasteiger partial charge >= 0.3 is 12.1 Å². The Morgan fingerprint density at radius 2 is 1.63 bits per heavy atom. The number of unbranched alkanes of at least 4 members (excludes halogenated alkanes) is 2. The maximum Gasteiger partial charge on any atom is 0.407 e. The lowest BCUT2D eigenvalue weighted by Gasteiger charge is -2.14. The highest BCUT2D eigenvalue weighted by Crippen LogP contribution is 2.44. The first kappa shape index (κ1) is 24.7. The van der Waals surface area contributed by atoms with Gasteiger partial charge in [0.1, 0.15) is 6.61 Å². The molecule has 2 amide bonds. The van der Waals surface area contributed by atoms with E-state index < -0.39 is 18.0 Å². The molecule has 3 N–H and O–H groups in total. The van der Waals surface area contributed by atoms with Crippen LogP contribution in [-0.4, -0.2) is 55.5 Å². The van der Waals surface area contributed by atoms with Gasteiger partial charge in [-0.1, -0.05) is 55.0 Å². The van der Waals surface area contributed by atoms with Crippen LogP contribution in [0.25, 0.3) is 11.1 Å². The van der Waals surface area contributed by atoms with Crippen LogP contribution in [-0.2, 0) is 19.1 Å². The predicted molar refractivity (Wildman–Crippen MR) is 130 cm³/mol. The van der Waals surface area contributed by atoms with Crippen molar-refractivity contribution in [1.82, 2.24) is 10.6 Å². The highest BCUT2D eigenvalue weighted by atomic mass is 16.5. The second-order valence-electron chi connectivity index (χ2n) is 9.09. The summed E-state index contributed by atoms with van der Waals surface area (Å²) in [5.41, 5.74) is 4.75. The Morgan fingerprint density at radius 1 is 0.943 bits per heavy atom. The van der Waals surface area contributed by atoms with E-state index >= 15 is 0 Å². The number of alkyl carbamates (subject to hydrolysis) is 1. The minimum absolute atomic E-state index is 0.0382. The van der Waals surface area contributed by atoms with Crippen molar-refractivity contribution >= 4 is 18.0 Å². The van der Waals surface area contributed by atoms with E-state index in [2.05, 4.69) is 34.9 Å². The van der Waals surface area contributed by atoms with Crippen molar-refractivity contribution in [3.05, 3.63) is 59.7 Å². The minimum atomic E-state index is -0.856. The van der Waals surface area contributed by atoms with Crippen LogP contribution in [0.3, 0.4) is 0 Å². The largest absolute Gasteiger partial charge is 0.481 e. The molecule has 2 unspecified atom stereocenters. The van der Waals surface area contributed by atoms with E-state index in [0.29, 0.717) is 32.4 Å². The average Bonchev–Trinajstić information content (AvgIpc) is 3.47. The van der Waals surface area contributed by atoms with Gasteiger partial charge in [-0.3, -0.25) is 9.59 Å². The highest BCUT2D eigenvalue weighted by Gasteiger charge is 2.31. The standard InChI is InChI=1S/C27H32N2O6/c30-25(29-15-19-14-18(16-34-19)26(31)32)12-2-1-7-13-28-27(33)35-17-24-22-10-5-3-8-20(22)21-9-4-6-11-23(21)24/h3-6,8-11,18-19,24H,1-2,7,12-17H2,(H,28,33)(H,29,30)(H,31,32). The molecule has 4 rings (SSSR count). The van der Waals surface area contributed by atoms with Crippen LogP contribution in [0.2, 0.25) is 0 Å². The molecule has 1 aliphatic heterocycles. The number of hydrogen-bond acceptors (Lipinski definition) is 5. The van der Waals surface area contributed by atoms with E-state index in [-0.39, 0.29) is 31.1 Å². The van der Waals surface area contributed by atoms with Crippen LogP contribution in [0.4, 0.5) is 4.79 Å². The molecule has 186 valence electrons. The Balaban J connectivity index is 1.07. The smallest absolute Gasteiger partial charge is 0.407 e. The fourth-order valence-corrected chi connectivity index (χ4v) is 4.76. The van der Waals surface area contributed by atoms with Gasteiger partial charge < -0.3 is 25.2 Å². The second kappa shape index (κ2) is 11.8. The van der Waals surface area contributed by atoms with Gasteiger partial charge in [0.2, 0.25) is 5.91 Å². The third-order valence-electron chi connectivity index (χ3n) is 6.65. The van der Waals surface area contributed by atoms with Gasteiger partial charge in [0, 0.05) is 25.4 Å². The van der Waals surface area contributed by atoms with Gasteiger partial charge in [0.15, 0.2) is 0 Å². The maximum atomic E-state index is 12.2. The summed E-state index contributed by atoms with van der Waals surface area (Å²) in [4.78, 5) is 35.1. The number of ether oxygens (including phenoxy) is 2.